The molecule has 1 atom stereocenters. The molecular weight excluding hydrogens is 561 g/mol. The summed E-state index contributed by atoms with van der Waals surface area (Å²) in [5, 5.41) is 10.1. The van der Waals surface area contributed by atoms with Crippen molar-refractivity contribution in [2.45, 2.75) is 25.6 Å². The number of morpholine rings is 1. The smallest absolute Gasteiger partial charge is 0.379 e. The molecule has 2 aromatic heterocycles. The third-order valence-electron chi connectivity index (χ3n) is 7.04. The third-order valence-corrected chi connectivity index (χ3v) is 9.08. The van der Waals surface area contributed by atoms with Crippen molar-refractivity contribution in [3.63, 3.8) is 0 Å². The van der Waals surface area contributed by atoms with Crippen molar-refractivity contribution in [1.29, 1.82) is 0 Å². The maximum Gasteiger partial charge on any atom is 0.416 e. The largest absolute Gasteiger partial charge is 0.416 e. The molecule has 7 nitrogen and oxygen atoms in total. The van der Waals surface area contributed by atoms with Crippen molar-refractivity contribution < 1.29 is 27.5 Å². The highest BCUT2D eigenvalue weighted by Crippen LogP contribution is 2.38. The van der Waals surface area contributed by atoms with E-state index in [9.17, 15) is 22.8 Å². The molecule has 1 saturated heterocycles. The Labute approximate surface area is 238 Å². The Balaban J connectivity index is 1.39. The minimum Gasteiger partial charge on any atom is -0.379 e. The predicted octanol–water partition coefficient (Wildman–Crippen LogP) is 5.29. The Kier molecular flexibility index (Phi) is 8.69. The van der Waals surface area contributed by atoms with Crippen LogP contribution >= 0.6 is 22.7 Å². The van der Waals surface area contributed by atoms with Crippen LogP contribution in [-0.4, -0.2) is 78.3 Å². The highest BCUT2D eigenvalue weighted by atomic mass is 32.1. The molecule has 0 saturated carbocycles. The molecular formula is C28H29F3N4O3S2. The average molecular weight is 591 g/mol. The van der Waals surface area contributed by atoms with Gasteiger partial charge in [-0.15, -0.1) is 22.7 Å². The highest BCUT2D eigenvalue weighted by molar-refractivity contribution is 7.12. The molecule has 0 aliphatic carbocycles. The molecule has 0 radical (unpaired) electrons. The predicted molar refractivity (Wildman–Crippen MR) is 149 cm³/mol. The van der Waals surface area contributed by atoms with Gasteiger partial charge in [0, 0.05) is 43.0 Å². The van der Waals surface area contributed by atoms with Gasteiger partial charge >= 0.3 is 6.18 Å². The summed E-state index contributed by atoms with van der Waals surface area (Å²) in [5.74, 6) is -0.840. The van der Waals surface area contributed by atoms with Crippen LogP contribution in [0.2, 0.25) is 0 Å². The Morgan fingerprint density at radius 1 is 1.07 bits per heavy atom. The van der Waals surface area contributed by atoms with Crippen LogP contribution in [0, 0.1) is 6.92 Å². The molecule has 5 rings (SSSR count). The molecule has 0 bridgehead atoms. The van der Waals surface area contributed by atoms with E-state index in [-0.39, 0.29) is 30.6 Å². The molecule has 12 heteroatoms. The van der Waals surface area contributed by atoms with E-state index in [2.05, 4.69) is 4.90 Å². The van der Waals surface area contributed by atoms with Crippen LogP contribution in [0.4, 0.5) is 13.2 Å². The fraction of sp³-hybridized carbons (Fsp3) is 0.393. The zero-order valence-electron chi connectivity index (χ0n) is 21.9. The topological polar surface area (TPSA) is 65.5 Å². The van der Waals surface area contributed by atoms with Crippen LogP contribution < -0.4 is 0 Å². The Morgan fingerprint density at radius 2 is 1.82 bits per heavy atom. The van der Waals surface area contributed by atoms with Crippen molar-refractivity contribution in [2.75, 3.05) is 45.9 Å². The van der Waals surface area contributed by atoms with Gasteiger partial charge in [-0.25, -0.2) is 5.01 Å². The summed E-state index contributed by atoms with van der Waals surface area (Å²) in [6.07, 6.45) is -3.94. The van der Waals surface area contributed by atoms with Crippen molar-refractivity contribution in [1.82, 2.24) is 14.8 Å². The first-order valence-electron chi connectivity index (χ1n) is 12.9. The molecule has 1 unspecified atom stereocenters. The van der Waals surface area contributed by atoms with Gasteiger partial charge in [0.1, 0.15) is 6.54 Å². The lowest BCUT2D eigenvalue weighted by atomic mass is 10.1. The van der Waals surface area contributed by atoms with Crippen LogP contribution in [0.1, 0.15) is 43.7 Å². The van der Waals surface area contributed by atoms with E-state index in [1.807, 2.05) is 35.9 Å². The number of carbonyl (C=O) groups is 2. The van der Waals surface area contributed by atoms with E-state index in [4.69, 9.17) is 9.84 Å². The Hall–Kier alpha value is -3.06. The number of hydrogen-bond donors (Lipinski definition) is 0. The molecule has 3 aromatic rings. The van der Waals surface area contributed by atoms with E-state index in [0.717, 1.165) is 45.3 Å². The Bertz CT molecular complexity index is 1350. The minimum atomic E-state index is -4.50. The standard InChI is InChI=1S/C28H29F3N4O3S2/c1-19-8-16-40-26(19)23-17-22(24-3-2-15-39-24)32-35(23)25(36)18-34(10-9-33-11-13-38-14-12-33)27(37)20-4-6-21(7-5-20)28(29,30)31/h2-8,15-16,23H,9-14,17-18H2,1H3. The summed E-state index contributed by atoms with van der Waals surface area (Å²) >= 11 is 3.12. The van der Waals surface area contributed by atoms with Crippen molar-refractivity contribution in [3.8, 4) is 0 Å². The van der Waals surface area contributed by atoms with E-state index in [1.54, 1.807) is 22.7 Å². The average Bonchev–Trinajstić information content (AvgIpc) is 3.71. The number of benzene rings is 1. The van der Waals surface area contributed by atoms with Crippen LogP contribution in [0.3, 0.4) is 0 Å². The molecule has 212 valence electrons. The number of amides is 2. The fourth-order valence-corrected chi connectivity index (χ4v) is 6.56. The van der Waals surface area contributed by atoms with E-state index >= 15 is 0 Å². The summed E-state index contributed by atoms with van der Waals surface area (Å²) in [6, 6.07) is 9.75. The number of halogens is 3. The molecule has 40 heavy (non-hydrogen) atoms. The highest BCUT2D eigenvalue weighted by Gasteiger charge is 2.36. The van der Waals surface area contributed by atoms with Gasteiger partial charge in [0.2, 0.25) is 0 Å². The molecule has 2 aliphatic heterocycles. The summed E-state index contributed by atoms with van der Waals surface area (Å²) in [5.41, 5.74) is 1.15. The van der Waals surface area contributed by atoms with Crippen LogP contribution in [0.25, 0.3) is 0 Å². The number of thiophene rings is 2. The number of aryl methyl sites for hydroxylation is 1. The normalized spacial score (nSPS) is 18.1. The van der Waals surface area contributed by atoms with Gasteiger partial charge in [0.05, 0.1) is 35.4 Å². The van der Waals surface area contributed by atoms with Crippen molar-refractivity contribution >= 4 is 40.2 Å². The number of hydrogen-bond acceptors (Lipinski definition) is 7. The first kappa shape index (κ1) is 28.5. The molecule has 1 aromatic carbocycles. The number of carbonyl (C=O) groups excluding carboxylic acids is 2. The third kappa shape index (κ3) is 6.46. The quantitative estimate of drug-likeness (QED) is 0.358. The summed E-state index contributed by atoms with van der Waals surface area (Å²) in [7, 11) is 0. The van der Waals surface area contributed by atoms with Crippen LogP contribution in [0.5, 0.6) is 0 Å². The summed E-state index contributed by atoms with van der Waals surface area (Å²) in [4.78, 5) is 32.9. The monoisotopic (exact) mass is 590 g/mol. The molecule has 1 fully saturated rings. The second kappa shape index (κ2) is 12.2. The molecule has 0 spiro atoms. The maximum absolute atomic E-state index is 13.8. The van der Waals surface area contributed by atoms with Gasteiger partial charge < -0.3 is 9.64 Å². The number of ether oxygens (including phenoxy) is 1. The Morgan fingerprint density at radius 3 is 2.45 bits per heavy atom. The number of nitrogens with zero attached hydrogens (tertiary/aromatic N) is 4. The van der Waals surface area contributed by atoms with Gasteiger partial charge in [-0.3, -0.25) is 14.5 Å². The SMILES string of the molecule is Cc1ccsc1C1CC(c2cccs2)=NN1C(=O)CN(CCN1CCOCC1)C(=O)c1ccc(C(F)(F)F)cc1. The van der Waals surface area contributed by atoms with Gasteiger partial charge in [-0.05, 0) is 59.6 Å². The lowest BCUT2D eigenvalue weighted by Crippen LogP contribution is -2.46. The molecule has 4 heterocycles. The van der Waals surface area contributed by atoms with Crippen LogP contribution in [-0.2, 0) is 15.7 Å². The first-order valence-corrected chi connectivity index (χ1v) is 14.7. The van der Waals surface area contributed by atoms with Gasteiger partial charge in [0.15, 0.2) is 0 Å². The lowest BCUT2D eigenvalue weighted by Gasteiger charge is -2.31. The summed E-state index contributed by atoms with van der Waals surface area (Å²) < 4.78 is 44.7. The number of rotatable bonds is 8. The van der Waals surface area contributed by atoms with Gasteiger partial charge in [-0.2, -0.15) is 18.3 Å². The molecule has 2 amide bonds. The molecule has 0 N–H and O–H groups in total. The fourth-order valence-electron chi connectivity index (χ4n) is 4.82. The first-order chi connectivity index (χ1) is 19.2. The van der Waals surface area contributed by atoms with Gasteiger partial charge in [0.25, 0.3) is 11.8 Å². The number of hydrazone groups is 1. The zero-order valence-corrected chi connectivity index (χ0v) is 23.5. The lowest BCUT2D eigenvalue weighted by molar-refractivity contribution is -0.137. The van der Waals surface area contributed by atoms with E-state index in [0.29, 0.717) is 39.3 Å². The summed E-state index contributed by atoms with van der Waals surface area (Å²) in [6.45, 7) is 5.09. The number of alkyl halides is 3. The minimum absolute atomic E-state index is 0.0950. The van der Waals surface area contributed by atoms with E-state index < -0.39 is 17.6 Å². The zero-order chi connectivity index (χ0) is 28.3. The van der Waals surface area contributed by atoms with Crippen molar-refractivity contribution in [3.05, 3.63) is 79.7 Å². The second-order valence-corrected chi connectivity index (χ2v) is 11.6. The molecule has 2 aliphatic rings. The maximum atomic E-state index is 13.8. The van der Waals surface area contributed by atoms with Crippen LogP contribution in [0.15, 0.2) is 58.3 Å². The second-order valence-electron chi connectivity index (χ2n) is 9.71. The van der Waals surface area contributed by atoms with E-state index in [1.165, 1.54) is 9.91 Å². The van der Waals surface area contributed by atoms with Crippen molar-refractivity contribution in [2.24, 2.45) is 5.10 Å². The van der Waals surface area contributed by atoms with Gasteiger partial charge in [-0.1, -0.05) is 6.07 Å².